The number of nitrogens with zero attached hydrogens (tertiary/aromatic N) is 1. The maximum absolute atomic E-state index is 14.1. The number of likely N-dealkylation sites (N-methyl/N-ethyl adjacent to an activating group) is 1. The average Bonchev–Trinajstić information content (AvgIpc) is 3.05. The van der Waals surface area contributed by atoms with Gasteiger partial charge in [-0.15, -0.1) is 0 Å². The fraction of sp³-hybridized carbons (Fsp3) is 0.946. The summed E-state index contributed by atoms with van der Waals surface area (Å²) in [5.74, 6) is -4.98. The fourth-order valence-corrected chi connectivity index (χ4v) is 8.41. The van der Waals surface area contributed by atoms with Gasteiger partial charge in [0.25, 0.3) is 0 Å². The van der Waals surface area contributed by atoms with Crippen molar-refractivity contribution in [1.29, 1.82) is 0 Å². The van der Waals surface area contributed by atoms with E-state index in [9.17, 15) is 35.1 Å². The molecule has 0 radical (unpaired) electrons. The number of cyclic esters (lactones) is 1. The number of esters is 1. The predicted octanol–water partition coefficient (Wildman–Crippen LogP) is 1.79. The Morgan fingerprint density at radius 1 is 0.882 bits per heavy atom. The standard InChI is InChI=1S/C37H67NO13/c1-14-25-37(10,45)30(41)20(4)27(39)18(2)16-35(8,44)32(51-34-28(40)24(38(11)12)15-19(3)47-34)21(5)29(22(6)33(43)49-25)50-26-17-36(9,46-13)31(42)23(7)48-26/h18-26,28-32,34,40-42,44-45H,14-17H2,1-13H3/t18?,19?,20-,21?,22?,23-,24?,25+,26-,28?,29-,30+,31?,32+,34-,35+,36+,37+/m0/s1. The topological polar surface area (TPSA) is 194 Å². The van der Waals surface area contributed by atoms with Crippen LogP contribution in [0.3, 0.4) is 0 Å². The quantitative estimate of drug-likeness (QED) is 0.238. The Kier molecular flexibility index (Phi) is 14.7. The molecule has 0 amide bonds. The van der Waals surface area contributed by atoms with Crippen molar-refractivity contribution in [2.75, 3.05) is 21.2 Å². The number of hydrogen-bond acceptors (Lipinski definition) is 14. The number of ether oxygens (including phenoxy) is 6. The zero-order chi connectivity index (χ0) is 39.0. The number of methoxy groups -OCH3 is 1. The minimum atomic E-state index is -1.99. The van der Waals surface area contributed by atoms with E-state index in [2.05, 4.69) is 0 Å². The van der Waals surface area contributed by atoms with Crippen molar-refractivity contribution in [2.45, 2.75) is 179 Å². The number of aliphatic hydroxyl groups is 5. The van der Waals surface area contributed by atoms with Gasteiger partial charge in [0.1, 0.15) is 29.7 Å². The molecule has 7 unspecified atom stereocenters. The molecule has 51 heavy (non-hydrogen) atoms. The van der Waals surface area contributed by atoms with Crippen molar-refractivity contribution in [3.05, 3.63) is 0 Å². The van der Waals surface area contributed by atoms with Gasteiger partial charge in [-0.2, -0.15) is 0 Å². The van der Waals surface area contributed by atoms with Gasteiger partial charge in [-0.05, 0) is 74.9 Å². The lowest BCUT2D eigenvalue weighted by Gasteiger charge is -2.49. The summed E-state index contributed by atoms with van der Waals surface area (Å²) in [5, 5.41) is 57.6. The monoisotopic (exact) mass is 733 g/mol. The lowest BCUT2D eigenvalue weighted by molar-refractivity contribution is -0.318. The highest BCUT2D eigenvalue weighted by atomic mass is 16.7. The van der Waals surface area contributed by atoms with Crippen LogP contribution in [0.4, 0.5) is 0 Å². The molecule has 0 bridgehead atoms. The van der Waals surface area contributed by atoms with Crippen molar-refractivity contribution >= 4 is 11.8 Å². The molecule has 3 aliphatic rings. The van der Waals surface area contributed by atoms with E-state index in [1.165, 1.54) is 27.9 Å². The number of rotatable bonds is 7. The second-order valence-electron chi connectivity index (χ2n) is 16.5. The van der Waals surface area contributed by atoms with E-state index < -0.39 is 108 Å². The Labute approximate surface area is 304 Å². The summed E-state index contributed by atoms with van der Waals surface area (Å²) >= 11 is 0. The zero-order valence-corrected chi connectivity index (χ0v) is 32.9. The van der Waals surface area contributed by atoms with Crippen molar-refractivity contribution in [3.63, 3.8) is 0 Å². The van der Waals surface area contributed by atoms with Gasteiger partial charge in [0.2, 0.25) is 0 Å². The van der Waals surface area contributed by atoms with Crippen LogP contribution in [0.5, 0.6) is 0 Å². The highest BCUT2D eigenvalue weighted by molar-refractivity contribution is 5.83. The highest BCUT2D eigenvalue weighted by Crippen LogP contribution is 2.40. The smallest absolute Gasteiger partial charge is 0.311 e. The molecule has 0 spiro atoms. The molecule has 18 atom stereocenters. The third-order valence-corrected chi connectivity index (χ3v) is 11.8. The normalized spacial score (nSPS) is 49.7. The molecule has 0 aliphatic carbocycles. The Hall–Kier alpha value is -1.30. The summed E-state index contributed by atoms with van der Waals surface area (Å²) in [6, 6.07) is -0.324. The molecule has 0 aromatic rings. The first-order valence-electron chi connectivity index (χ1n) is 18.5. The molecule has 0 aromatic heterocycles. The second-order valence-corrected chi connectivity index (χ2v) is 16.5. The minimum absolute atomic E-state index is 0.0936. The molecule has 3 rings (SSSR count). The molecule has 3 saturated heterocycles. The molecule has 0 saturated carbocycles. The van der Waals surface area contributed by atoms with E-state index in [0.29, 0.717) is 6.42 Å². The van der Waals surface area contributed by atoms with Crippen LogP contribution < -0.4 is 0 Å². The van der Waals surface area contributed by atoms with E-state index in [1.807, 2.05) is 25.9 Å². The average molecular weight is 734 g/mol. The van der Waals surface area contributed by atoms with Gasteiger partial charge in [0.15, 0.2) is 12.6 Å². The van der Waals surface area contributed by atoms with Crippen LogP contribution in [0.2, 0.25) is 0 Å². The van der Waals surface area contributed by atoms with Crippen LogP contribution in [0.15, 0.2) is 0 Å². The molecule has 298 valence electrons. The van der Waals surface area contributed by atoms with Gasteiger partial charge in [0.05, 0.1) is 47.6 Å². The SMILES string of the molecule is CC[C@H]1OC(=O)C(C)[C@@H](O[C@H]2C[C@@](C)(OC)C(O)[C@H](C)O2)C(C)[C@@H](O[C@@H]2OC(C)CC(N(C)C)C2O)[C@](C)(O)CC(C)C(=O)[C@H](C)[C@@H](O)[C@]1(C)O. The van der Waals surface area contributed by atoms with E-state index >= 15 is 0 Å². The molecule has 5 N–H and O–H groups in total. The van der Waals surface area contributed by atoms with Crippen molar-refractivity contribution in [1.82, 2.24) is 4.90 Å². The number of ketones is 1. The van der Waals surface area contributed by atoms with E-state index in [0.717, 1.165) is 0 Å². The highest BCUT2D eigenvalue weighted by Gasteiger charge is 2.53. The molecule has 0 aromatic carbocycles. The van der Waals surface area contributed by atoms with Crippen LogP contribution in [-0.2, 0) is 38.0 Å². The molecular formula is C37H67NO13. The Bertz CT molecular complexity index is 1170. The van der Waals surface area contributed by atoms with E-state index in [1.54, 1.807) is 41.5 Å². The summed E-state index contributed by atoms with van der Waals surface area (Å²) in [5.41, 5.74) is -4.84. The third-order valence-electron chi connectivity index (χ3n) is 11.8. The summed E-state index contributed by atoms with van der Waals surface area (Å²) in [4.78, 5) is 29.8. The van der Waals surface area contributed by atoms with Crippen LogP contribution >= 0.6 is 0 Å². The second kappa shape index (κ2) is 17.0. The van der Waals surface area contributed by atoms with Crippen molar-refractivity contribution < 1.29 is 63.5 Å². The van der Waals surface area contributed by atoms with Crippen molar-refractivity contribution in [3.8, 4) is 0 Å². The molecule has 3 aliphatic heterocycles. The number of hydrogen-bond donors (Lipinski definition) is 5. The number of Topliss-reactive ketones (excluding diaryl/α,β-unsaturated/α-hetero) is 1. The largest absolute Gasteiger partial charge is 0.459 e. The van der Waals surface area contributed by atoms with Crippen LogP contribution in [0.25, 0.3) is 0 Å². The molecule has 3 fully saturated rings. The van der Waals surface area contributed by atoms with Crippen LogP contribution in [-0.4, -0.2) is 148 Å². The van der Waals surface area contributed by atoms with Crippen LogP contribution in [0, 0.1) is 23.7 Å². The van der Waals surface area contributed by atoms with E-state index in [-0.39, 0.29) is 31.4 Å². The summed E-state index contributed by atoms with van der Waals surface area (Å²) in [6.45, 7) is 16.3. The van der Waals surface area contributed by atoms with Gasteiger partial charge in [-0.25, -0.2) is 0 Å². The lowest BCUT2D eigenvalue weighted by Crippen LogP contribution is -2.61. The maximum Gasteiger partial charge on any atom is 0.311 e. The molecule has 14 nitrogen and oxygen atoms in total. The van der Waals surface area contributed by atoms with Gasteiger partial charge < -0.3 is 58.9 Å². The van der Waals surface area contributed by atoms with Gasteiger partial charge in [-0.1, -0.05) is 27.7 Å². The fourth-order valence-electron chi connectivity index (χ4n) is 8.41. The van der Waals surface area contributed by atoms with Gasteiger partial charge in [0, 0.05) is 37.3 Å². The Morgan fingerprint density at radius 2 is 1.49 bits per heavy atom. The van der Waals surface area contributed by atoms with Gasteiger partial charge >= 0.3 is 5.97 Å². The molecular weight excluding hydrogens is 666 g/mol. The number of aliphatic hydroxyl groups excluding tert-OH is 3. The first-order valence-corrected chi connectivity index (χ1v) is 18.5. The summed E-state index contributed by atoms with van der Waals surface area (Å²) in [6.07, 6.45) is -9.71. The Balaban J connectivity index is 2.18. The molecule has 14 heteroatoms. The van der Waals surface area contributed by atoms with Crippen molar-refractivity contribution in [2.24, 2.45) is 23.7 Å². The first-order chi connectivity index (χ1) is 23.4. The summed E-state index contributed by atoms with van der Waals surface area (Å²) < 4.78 is 37.1. The number of carbonyl (C=O) groups excluding carboxylic acids is 2. The number of carbonyl (C=O) groups is 2. The predicted molar refractivity (Wildman–Crippen MR) is 186 cm³/mol. The van der Waals surface area contributed by atoms with E-state index in [4.69, 9.17) is 28.4 Å². The first kappa shape index (κ1) is 44.1. The maximum atomic E-state index is 14.1. The van der Waals surface area contributed by atoms with Crippen LogP contribution in [0.1, 0.15) is 94.9 Å². The summed E-state index contributed by atoms with van der Waals surface area (Å²) in [7, 11) is 5.18. The Morgan fingerprint density at radius 3 is 2.04 bits per heavy atom. The molecule has 3 heterocycles. The zero-order valence-electron chi connectivity index (χ0n) is 32.9. The lowest BCUT2D eigenvalue weighted by atomic mass is 9.74. The third kappa shape index (κ3) is 9.51. The van der Waals surface area contributed by atoms with Gasteiger partial charge in [-0.3, -0.25) is 9.59 Å². The minimum Gasteiger partial charge on any atom is -0.459 e.